The van der Waals surface area contributed by atoms with Crippen molar-refractivity contribution in [3.05, 3.63) is 0 Å². The Labute approximate surface area is 103 Å². The monoisotopic (exact) mass is 274 g/mol. The van der Waals surface area contributed by atoms with Gasteiger partial charge in [-0.05, 0) is 12.8 Å². The molecular weight excluding hydrogens is 256 g/mol. The van der Waals surface area contributed by atoms with Crippen LogP contribution in [0.2, 0.25) is 0 Å². The molecule has 7 heteroatoms. The van der Waals surface area contributed by atoms with Crippen LogP contribution in [-0.2, 0) is 14.8 Å². The second-order valence-corrected chi connectivity index (χ2v) is 4.41. The molecule has 1 heterocycles. The van der Waals surface area contributed by atoms with Crippen molar-refractivity contribution < 1.29 is 32.4 Å². The third-order valence-corrected chi connectivity index (χ3v) is 2.88. The molecule has 0 radical (unpaired) electrons. The summed E-state index contributed by atoms with van der Waals surface area (Å²) in [7, 11) is 0. The molecule has 0 N–H and O–H groups in total. The molecule has 1 atom stereocenters. The van der Waals surface area contributed by atoms with E-state index in [9.17, 15) is 17.6 Å². The van der Waals surface area contributed by atoms with Gasteiger partial charge in [0.15, 0.2) is 6.61 Å². The van der Waals surface area contributed by atoms with Crippen LogP contribution in [0.4, 0.5) is 17.6 Å². The van der Waals surface area contributed by atoms with Gasteiger partial charge in [0.2, 0.25) is 0 Å². The van der Waals surface area contributed by atoms with E-state index in [-0.39, 0.29) is 13.1 Å². The molecule has 0 bridgehead atoms. The highest BCUT2D eigenvalue weighted by Gasteiger charge is 2.60. The largest absolute Gasteiger partial charge is 0.334 e. The number of hydrogen-bond acceptors (Lipinski definition) is 3. The van der Waals surface area contributed by atoms with Crippen molar-refractivity contribution in [2.24, 2.45) is 0 Å². The van der Waals surface area contributed by atoms with E-state index in [1.165, 1.54) is 0 Å². The first-order valence-electron chi connectivity index (χ1n) is 6.12. The van der Waals surface area contributed by atoms with E-state index in [2.05, 4.69) is 14.8 Å². The van der Waals surface area contributed by atoms with Gasteiger partial charge in [-0.2, -0.15) is 18.6 Å². The summed E-state index contributed by atoms with van der Waals surface area (Å²) in [6.07, 6.45) is 3.26. The van der Waals surface area contributed by atoms with Crippen molar-refractivity contribution in [1.82, 2.24) is 0 Å². The third kappa shape index (κ3) is 4.37. The van der Waals surface area contributed by atoms with Crippen molar-refractivity contribution in [3.63, 3.8) is 0 Å². The molecule has 0 aromatic carbocycles. The zero-order valence-corrected chi connectivity index (χ0v) is 10.1. The standard InChI is InChI=1S/C11H18F4O3/c12-8-6-4-2-1-3-5-7-11(15)10(13,14)9-16-18-17-11/h1-9H2. The van der Waals surface area contributed by atoms with E-state index in [0.29, 0.717) is 12.8 Å². The van der Waals surface area contributed by atoms with Crippen LogP contribution >= 0.6 is 0 Å². The molecule has 0 saturated carbocycles. The smallest absolute Gasteiger partial charge is 0.251 e. The zero-order valence-electron chi connectivity index (χ0n) is 10.1. The number of halogens is 4. The summed E-state index contributed by atoms with van der Waals surface area (Å²) in [4.78, 5) is 7.84. The summed E-state index contributed by atoms with van der Waals surface area (Å²) < 4.78 is 51.9. The molecule has 0 aliphatic carbocycles. The Morgan fingerprint density at radius 1 is 0.889 bits per heavy atom. The van der Waals surface area contributed by atoms with Crippen molar-refractivity contribution in [2.45, 2.75) is 56.7 Å². The van der Waals surface area contributed by atoms with E-state index in [4.69, 9.17) is 0 Å². The molecule has 0 aromatic rings. The van der Waals surface area contributed by atoms with Crippen LogP contribution in [0.1, 0.15) is 44.9 Å². The van der Waals surface area contributed by atoms with Gasteiger partial charge in [-0.15, -0.1) is 0 Å². The lowest BCUT2D eigenvalue weighted by molar-refractivity contribution is -0.619. The van der Waals surface area contributed by atoms with E-state index in [0.717, 1.165) is 19.3 Å². The van der Waals surface area contributed by atoms with Gasteiger partial charge in [-0.25, -0.2) is 4.39 Å². The van der Waals surface area contributed by atoms with Gasteiger partial charge in [0.1, 0.15) is 0 Å². The Hall–Kier alpha value is -0.400. The van der Waals surface area contributed by atoms with E-state index in [1.807, 2.05) is 0 Å². The van der Waals surface area contributed by atoms with E-state index in [1.54, 1.807) is 0 Å². The maximum Gasteiger partial charge on any atom is 0.334 e. The van der Waals surface area contributed by atoms with Crippen LogP contribution in [0.3, 0.4) is 0 Å². The number of alkyl halides is 4. The Morgan fingerprint density at radius 2 is 1.50 bits per heavy atom. The molecule has 0 aromatic heterocycles. The van der Waals surface area contributed by atoms with Crippen molar-refractivity contribution in [1.29, 1.82) is 0 Å². The van der Waals surface area contributed by atoms with Gasteiger partial charge in [0, 0.05) is 6.42 Å². The Kier molecular flexibility index (Phi) is 6.31. The molecule has 0 spiro atoms. The lowest BCUT2D eigenvalue weighted by atomic mass is 10.0. The lowest BCUT2D eigenvalue weighted by Gasteiger charge is -2.34. The lowest BCUT2D eigenvalue weighted by Crippen LogP contribution is -2.53. The minimum Gasteiger partial charge on any atom is -0.251 e. The summed E-state index contributed by atoms with van der Waals surface area (Å²) in [5.74, 6) is -6.83. The quantitative estimate of drug-likeness (QED) is 0.382. The fourth-order valence-corrected chi connectivity index (χ4v) is 1.72. The summed E-state index contributed by atoms with van der Waals surface area (Å²) >= 11 is 0. The van der Waals surface area contributed by atoms with Crippen LogP contribution in [0.25, 0.3) is 0 Å². The summed E-state index contributed by atoms with van der Waals surface area (Å²) in [6.45, 7) is -1.50. The fraction of sp³-hybridized carbons (Fsp3) is 1.00. The molecule has 1 aliphatic rings. The molecule has 18 heavy (non-hydrogen) atoms. The van der Waals surface area contributed by atoms with Crippen molar-refractivity contribution >= 4 is 0 Å². The Balaban J connectivity index is 2.17. The molecular formula is C11H18F4O3. The van der Waals surface area contributed by atoms with Crippen LogP contribution in [0, 0.1) is 0 Å². The Morgan fingerprint density at radius 3 is 2.11 bits per heavy atom. The minimum absolute atomic E-state index is 0.255. The predicted octanol–water partition coefficient (Wildman–Crippen LogP) is 3.88. The van der Waals surface area contributed by atoms with Crippen molar-refractivity contribution in [3.8, 4) is 0 Å². The first kappa shape index (κ1) is 15.7. The average Bonchev–Trinajstić information content (AvgIpc) is 2.32. The SMILES string of the molecule is FCCCCCCCCC1(F)OOOCC1(F)F. The molecule has 0 amide bonds. The highest BCUT2D eigenvalue weighted by Crippen LogP contribution is 2.41. The topological polar surface area (TPSA) is 27.7 Å². The first-order chi connectivity index (χ1) is 8.52. The van der Waals surface area contributed by atoms with Gasteiger partial charge in [0.25, 0.3) is 0 Å². The van der Waals surface area contributed by atoms with Gasteiger partial charge in [-0.1, -0.05) is 30.7 Å². The molecule has 1 unspecified atom stereocenters. The number of unbranched alkanes of at least 4 members (excludes halogenated alkanes) is 5. The molecule has 108 valence electrons. The molecule has 1 aliphatic heterocycles. The second-order valence-electron chi connectivity index (χ2n) is 4.41. The fourth-order valence-electron chi connectivity index (χ4n) is 1.72. The first-order valence-corrected chi connectivity index (χ1v) is 6.12. The highest BCUT2D eigenvalue weighted by atomic mass is 19.3. The third-order valence-electron chi connectivity index (χ3n) is 2.88. The van der Waals surface area contributed by atoms with Gasteiger partial charge < -0.3 is 0 Å². The molecule has 3 nitrogen and oxygen atoms in total. The Bertz CT molecular complexity index is 240. The van der Waals surface area contributed by atoms with Crippen LogP contribution in [-0.4, -0.2) is 25.1 Å². The predicted molar refractivity (Wildman–Crippen MR) is 55.2 cm³/mol. The van der Waals surface area contributed by atoms with Gasteiger partial charge >= 0.3 is 11.8 Å². The van der Waals surface area contributed by atoms with Gasteiger partial charge in [-0.3, -0.25) is 4.39 Å². The van der Waals surface area contributed by atoms with E-state index >= 15 is 0 Å². The minimum atomic E-state index is -3.71. The summed E-state index contributed by atoms with van der Waals surface area (Å²) in [5, 5.41) is 3.83. The van der Waals surface area contributed by atoms with E-state index < -0.39 is 24.8 Å². The molecule has 1 fully saturated rings. The highest BCUT2D eigenvalue weighted by molar-refractivity contribution is 4.85. The average molecular weight is 274 g/mol. The van der Waals surface area contributed by atoms with Crippen molar-refractivity contribution in [2.75, 3.05) is 13.3 Å². The number of hydrogen-bond donors (Lipinski definition) is 0. The number of rotatable bonds is 8. The van der Waals surface area contributed by atoms with Gasteiger partial charge in [0.05, 0.1) is 6.67 Å². The maximum absolute atomic E-state index is 13.8. The normalized spacial score (nSPS) is 27.3. The van der Waals surface area contributed by atoms with Crippen LogP contribution in [0.5, 0.6) is 0 Å². The second kappa shape index (κ2) is 7.25. The molecule has 1 saturated heterocycles. The molecule has 1 rings (SSSR count). The van der Waals surface area contributed by atoms with Crippen LogP contribution in [0.15, 0.2) is 0 Å². The summed E-state index contributed by atoms with van der Waals surface area (Å²) in [6, 6.07) is 0. The van der Waals surface area contributed by atoms with Crippen LogP contribution < -0.4 is 0 Å². The summed E-state index contributed by atoms with van der Waals surface area (Å²) in [5.41, 5.74) is 0. The zero-order chi connectivity index (χ0) is 13.5. The maximum atomic E-state index is 13.8.